The van der Waals surface area contributed by atoms with Crippen molar-refractivity contribution in [3.63, 3.8) is 0 Å². The molecule has 0 aliphatic carbocycles. The summed E-state index contributed by atoms with van der Waals surface area (Å²) < 4.78 is 63.7. The topological polar surface area (TPSA) is 83.5 Å². The molecule has 3 heterocycles. The summed E-state index contributed by atoms with van der Waals surface area (Å²) in [5, 5.41) is 1.32. The van der Waals surface area contributed by atoms with E-state index in [1.54, 1.807) is 30.3 Å². The lowest BCUT2D eigenvalue weighted by Crippen LogP contribution is -2.47. The van der Waals surface area contributed by atoms with Gasteiger partial charge in [-0.3, -0.25) is 0 Å². The Hall–Kier alpha value is -2.40. The van der Waals surface area contributed by atoms with Gasteiger partial charge in [0, 0.05) is 18.5 Å². The van der Waals surface area contributed by atoms with Crippen LogP contribution in [0.2, 0.25) is 0 Å². The van der Waals surface area contributed by atoms with Gasteiger partial charge in [0.2, 0.25) is 6.79 Å². The molecule has 0 amide bonds. The van der Waals surface area contributed by atoms with Gasteiger partial charge >= 0.3 is 10.4 Å². The number of hydrogen-bond acceptors (Lipinski definition) is 8. The summed E-state index contributed by atoms with van der Waals surface area (Å²) in [5.74, 6) is 1.00. The van der Waals surface area contributed by atoms with Crippen molar-refractivity contribution in [3.05, 3.63) is 53.8 Å². The van der Waals surface area contributed by atoms with Gasteiger partial charge in [-0.05, 0) is 42.2 Å². The molecule has 0 spiro atoms. The zero-order valence-corrected chi connectivity index (χ0v) is 16.0. The molecule has 3 aliphatic rings. The number of fused-ring (bicyclic) bond motifs is 2. The van der Waals surface area contributed by atoms with Gasteiger partial charge in [-0.15, -0.1) is 5.06 Å². The minimum absolute atomic E-state index is 0.0947. The van der Waals surface area contributed by atoms with E-state index in [2.05, 4.69) is 0 Å². The van der Waals surface area contributed by atoms with Crippen LogP contribution in [-0.4, -0.2) is 39.7 Å². The van der Waals surface area contributed by atoms with E-state index in [-0.39, 0.29) is 31.1 Å². The Morgan fingerprint density at radius 2 is 1.90 bits per heavy atom. The van der Waals surface area contributed by atoms with E-state index in [4.69, 9.17) is 22.7 Å². The lowest BCUT2D eigenvalue weighted by Gasteiger charge is -2.38. The first-order valence-electron chi connectivity index (χ1n) is 9.16. The van der Waals surface area contributed by atoms with Crippen molar-refractivity contribution in [2.24, 2.45) is 5.92 Å². The normalized spacial score (nSPS) is 27.6. The standard InChI is InChI=1S/C19H18FNO7S/c20-13-3-1-12(2-4-13)15-7-8-21-19(27-29(22,23)28-21)16(15)10-24-14-5-6-17-18(9-14)26-11-25-17/h1-6,9,15-16,19H,7-8,10-11H2/t15-,16-,19?/m0/s1. The van der Waals surface area contributed by atoms with Crippen molar-refractivity contribution < 1.29 is 35.5 Å². The quantitative estimate of drug-likeness (QED) is 0.742. The van der Waals surface area contributed by atoms with Crippen LogP contribution in [0.15, 0.2) is 42.5 Å². The molecule has 2 aromatic rings. The molecule has 0 radical (unpaired) electrons. The van der Waals surface area contributed by atoms with Crippen LogP contribution >= 0.6 is 0 Å². The van der Waals surface area contributed by atoms with Crippen molar-refractivity contribution >= 4 is 10.4 Å². The maximum atomic E-state index is 13.4. The molecular formula is C19H18FNO7S. The van der Waals surface area contributed by atoms with Crippen LogP contribution in [0.5, 0.6) is 17.2 Å². The summed E-state index contributed by atoms with van der Waals surface area (Å²) in [5.41, 5.74) is 0.887. The molecule has 2 saturated heterocycles. The van der Waals surface area contributed by atoms with Gasteiger partial charge in [0.25, 0.3) is 0 Å². The Labute approximate surface area is 167 Å². The molecule has 5 rings (SSSR count). The first-order valence-corrected chi connectivity index (χ1v) is 10.5. The summed E-state index contributed by atoms with van der Waals surface area (Å²) in [4.78, 5) is 0. The third-order valence-corrected chi connectivity index (χ3v) is 6.12. The highest BCUT2D eigenvalue weighted by Crippen LogP contribution is 2.42. The fourth-order valence-electron chi connectivity index (χ4n) is 3.96. The second-order valence-electron chi connectivity index (χ2n) is 7.05. The summed E-state index contributed by atoms with van der Waals surface area (Å²) in [7, 11) is -4.09. The Bertz CT molecular complexity index is 1010. The fraction of sp³-hybridized carbons (Fsp3) is 0.368. The summed E-state index contributed by atoms with van der Waals surface area (Å²) in [6.07, 6.45) is -0.214. The van der Waals surface area contributed by atoms with Crippen LogP contribution in [0, 0.1) is 11.7 Å². The minimum Gasteiger partial charge on any atom is -0.493 e. The van der Waals surface area contributed by atoms with Crippen LogP contribution in [-0.2, 0) is 18.9 Å². The molecule has 10 heteroatoms. The predicted octanol–water partition coefficient (Wildman–Crippen LogP) is 2.57. The second kappa shape index (κ2) is 7.13. The van der Waals surface area contributed by atoms with E-state index in [1.165, 1.54) is 17.2 Å². The number of benzene rings is 2. The number of hydroxylamine groups is 2. The third-order valence-electron chi connectivity index (χ3n) is 5.32. The molecule has 0 N–H and O–H groups in total. The zero-order chi connectivity index (χ0) is 20.0. The van der Waals surface area contributed by atoms with Crippen LogP contribution in [0.1, 0.15) is 17.9 Å². The lowest BCUT2D eigenvalue weighted by atomic mass is 9.80. The van der Waals surface area contributed by atoms with E-state index in [0.717, 1.165) is 5.56 Å². The Morgan fingerprint density at radius 1 is 1.10 bits per heavy atom. The second-order valence-corrected chi connectivity index (χ2v) is 8.20. The number of nitrogens with zero attached hydrogens (tertiary/aromatic N) is 1. The number of halogens is 1. The Balaban J connectivity index is 1.40. The van der Waals surface area contributed by atoms with Gasteiger partial charge in [-0.2, -0.15) is 12.7 Å². The Kier molecular flexibility index (Phi) is 4.58. The van der Waals surface area contributed by atoms with Crippen LogP contribution in [0.25, 0.3) is 0 Å². The van der Waals surface area contributed by atoms with Crippen LogP contribution < -0.4 is 14.2 Å². The largest absolute Gasteiger partial charge is 0.493 e. The third kappa shape index (κ3) is 3.64. The first kappa shape index (κ1) is 18.6. The van der Waals surface area contributed by atoms with Crippen molar-refractivity contribution in [3.8, 4) is 17.2 Å². The van der Waals surface area contributed by atoms with Crippen molar-refractivity contribution in [2.75, 3.05) is 19.9 Å². The molecule has 8 nitrogen and oxygen atoms in total. The number of hydrogen-bond donors (Lipinski definition) is 0. The maximum Gasteiger partial charge on any atom is 0.418 e. The molecule has 2 fully saturated rings. The number of rotatable bonds is 4. The van der Waals surface area contributed by atoms with E-state index in [1.807, 2.05) is 0 Å². The van der Waals surface area contributed by atoms with E-state index in [9.17, 15) is 12.8 Å². The molecule has 2 aromatic carbocycles. The number of ether oxygens (including phenoxy) is 3. The van der Waals surface area contributed by atoms with Gasteiger partial charge in [0.15, 0.2) is 17.7 Å². The van der Waals surface area contributed by atoms with Crippen molar-refractivity contribution in [2.45, 2.75) is 18.6 Å². The number of piperidine rings is 1. The molecule has 0 bridgehead atoms. The van der Waals surface area contributed by atoms with Gasteiger partial charge in [-0.25, -0.2) is 8.57 Å². The van der Waals surface area contributed by atoms with Gasteiger partial charge < -0.3 is 14.2 Å². The fourth-order valence-corrected chi connectivity index (χ4v) is 4.87. The van der Waals surface area contributed by atoms with Crippen LogP contribution in [0.4, 0.5) is 4.39 Å². The van der Waals surface area contributed by atoms with Crippen LogP contribution in [0.3, 0.4) is 0 Å². The highest BCUT2D eigenvalue weighted by Gasteiger charge is 2.49. The van der Waals surface area contributed by atoms with Gasteiger partial charge in [0.1, 0.15) is 11.6 Å². The predicted molar refractivity (Wildman–Crippen MR) is 96.9 cm³/mol. The van der Waals surface area contributed by atoms with Crippen molar-refractivity contribution in [1.29, 1.82) is 0 Å². The summed E-state index contributed by atoms with van der Waals surface area (Å²) in [6.45, 7) is 0.697. The summed E-state index contributed by atoms with van der Waals surface area (Å²) >= 11 is 0. The average Bonchev–Trinajstić information content (AvgIpc) is 3.28. The molecule has 3 aliphatic heterocycles. The molecule has 29 heavy (non-hydrogen) atoms. The smallest absolute Gasteiger partial charge is 0.418 e. The van der Waals surface area contributed by atoms with Gasteiger partial charge in [0.05, 0.1) is 6.61 Å². The van der Waals surface area contributed by atoms with E-state index in [0.29, 0.717) is 30.2 Å². The molecule has 0 saturated carbocycles. The first-order chi connectivity index (χ1) is 14.0. The zero-order valence-electron chi connectivity index (χ0n) is 15.2. The lowest BCUT2D eigenvalue weighted by molar-refractivity contribution is -0.151. The minimum atomic E-state index is -4.09. The molecule has 154 valence electrons. The molecular weight excluding hydrogens is 405 g/mol. The molecule has 3 atom stereocenters. The Morgan fingerprint density at radius 3 is 2.72 bits per heavy atom. The highest BCUT2D eigenvalue weighted by molar-refractivity contribution is 7.82. The molecule has 1 unspecified atom stereocenters. The van der Waals surface area contributed by atoms with E-state index >= 15 is 0 Å². The summed E-state index contributed by atoms with van der Waals surface area (Å²) in [6, 6.07) is 11.4. The maximum absolute atomic E-state index is 13.4. The van der Waals surface area contributed by atoms with Gasteiger partial charge in [-0.1, -0.05) is 12.1 Å². The molecule has 0 aromatic heterocycles. The SMILES string of the molecule is O=S1(=O)OC2[C@@H](COc3ccc4c(c3)OCO4)[C@H](c3ccc(F)cc3)CCN2O1. The average molecular weight is 423 g/mol. The monoisotopic (exact) mass is 423 g/mol. The van der Waals surface area contributed by atoms with E-state index < -0.39 is 16.6 Å². The highest BCUT2D eigenvalue weighted by atomic mass is 32.3. The van der Waals surface area contributed by atoms with Crippen molar-refractivity contribution in [1.82, 2.24) is 5.06 Å².